The Kier molecular flexibility index (Phi) is 4.80. The van der Waals surface area contributed by atoms with E-state index in [0.717, 1.165) is 36.8 Å². The van der Waals surface area contributed by atoms with Crippen LogP contribution in [0.3, 0.4) is 0 Å². The summed E-state index contributed by atoms with van der Waals surface area (Å²) in [6.45, 7) is 1.81. The van der Waals surface area contributed by atoms with Crippen LogP contribution in [0.25, 0.3) is 10.9 Å². The lowest BCUT2D eigenvalue weighted by molar-refractivity contribution is 0.280. The predicted octanol–water partition coefficient (Wildman–Crippen LogP) is 2.68. The second-order valence-electron chi connectivity index (χ2n) is 4.48. The van der Waals surface area contributed by atoms with Crippen LogP contribution in [0.15, 0.2) is 28.9 Å². The van der Waals surface area contributed by atoms with Crippen LogP contribution < -0.4 is 5.73 Å². The Labute approximate surface area is 116 Å². The fourth-order valence-corrected chi connectivity index (χ4v) is 2.62. The van der Waals surface area contributed by atoms with E-state index in [0.29, 0.717) is 0 Å². The van der Waals surface area contributed by atoms with E-state index in [9.17, 15) is 0 Å². The second kappa shape index (κ2) is 6.36. The smallest absolute Gasteiger partial charge is 0.0483 e. The maximum Gasteiger partial charge on any atom is 0.0483 e. The van der Waals surface area contributed by atoms with Crippen LogP contribution in [0.2, 0.25) is 0 Å². The standard InChI is InChI=1S/C14H19BrN2O/c15-12-4-5-14-13(9-12)11(3-1-6-16)10-17(14)7-2-8-18/h4-5,9-10,18H,1-3,6-8,16H2. The molecule has 0 fully saturated rings. The number of hydrogen-bond donors (Lipinski definition) is 2. The van der Waals surface area contributed by atoms with Gasteiger partial charge in [-0.1, -0.05) is 15.9 Å². The molecule has 0 atom stereocenters. The van der Waals surface area contributed by atoms with Crippen molar-refractivity contribution in [3.8, 4) is 0 Å². The topological polar surface area (TPSA) is 51.2 Å². The third-order valence-electron chi connectivity index (χ3n) is 3.13. The molecule has 0 radical (unpaired) electrons. The van der Waals surface area contributed by atoms with Crippen LogP contribution in [0.1, 0.15) is 18.4 Å². The zero-order valence-electron chi connectivity index (χ0n) is 10.4. The number of benzene rings is 1. The van der Waals surface area contributed by atoms with Gasteiger partial charge in [-0.3, -0.25) is 0 Å². The monoisotopic (exact) mass is 310 g/mol. The number of hydrogen-bond acceptors (Lipinski definition) is 2. The Balaban J connectivity index is 2.39. The van der Waals surface area contributed by atoms with Gasteiger partial charge < -0.3 is 15.4 Å². The molecule has 0 saturated heterocycles. The molecule has 3 N–H and O–H groups in total. The Hall–Kier alpha value is -0.840. The summed E-state index contributed by atoms with van der Waals surface area (Å²) in [7, 11) is 0. The molecule has 0 aliphatic rings. The molecule has 0 aliphatic heterocycles. The number of nitrogens with two attached hydrogens (primary N) is 1. The minimum atomic E-state index is 0.230. The molecule has 1 aromatic carbocycles. The highest BCUT2D eigenvalue weighted by Gasteiger charge is 2.08. The fourth-order valence-electron chi connectivity index (χ4n) is 2.26. The lowest BCUT2D eigenvalue weighted by Gasteiger charge is -2.03. The van der Waals surface area contributed by atoms with Gasteiger partial charge in [0.1, 0.15) is 0 Å². The number of nitrogens with zero attached hydrogens (tertiary/aromatic N) is 1. The molecular formula is C14H19BrN2O. The molecule has 0 spiro atoms. The Morgan fingerprint density at radius 3 is 2.83 bits per heavy atom. The second-order valence-corrected chi connectivity index (χ2v) is 5.39. The van der Waals surface area contributed by atoms with Crippen molar-refractivity contribution in [1.82, 2.24) is 4.57 Å². The quantitative estimate of drug-likeness (QED) is 0.862. The van der Waals surface area contributed by atoms with Crippen molar-refractivity contribution in [1.29, 1.82) is 0 Å². The van der Waals surface area contributed by atoms with Crippen LogP contribution in [-0.2, 0) is 13.0 Å². The molecule has 1 aromatic heterocycles. The van der Waals surface area contributed by atoms with Gasteiger partial charge >= 0.3 is 0 Å². The number of fused-ring (bicyclic) bond motifs is 1. The van der Waals surface area contributed by atoms with Crippen molar-refractivity contribution in [3.05, 3.63) is 34.4 Å². The Morgan fingerprint density at radius 1 is 1.28 bits per heavy atom. The van der Waals surface area contributed by atoms with Crippen LogP contribution in [0, 0.1) is 0 Å². The zero-order valence-corrected chi connectivity index (χ0v) is 12.0. The molecule has 0 saturated carbocycles. The molecule has 0 amide bonds. The van der Waals surface area contributed by atoms with Gasteiger partial charge in [0.25, 0.3) is 0 Å². The fraction of sp³-hybridized carbons (Fsp3) is 0.429. The third kappa shape index (κ3) is 2.94. The van der Waals surface area contributed by atoms with Crippen LogP contribution in [0.5, 0.6) is 0 Å². The van der Waals surface area contributed by atoms with E-state index in [1.54, 1.807) is 0 Å². The average Bonchev–Trinajstić information content (AvgIpc) is 2.71. The third-order valence-corrected chi connectivity index (χ3v) is 3.63. The first-order valence-corrected chi connectivity index (χ1v) is 7.13. The summed E-state index contributed by atoms with van der Waals surface area (Å²) >= 11 is 3.52. The van der Waals surface area contributed by atoms with Gasteiger partial charge in [0.05, 0.1) is 0 Å². The van der Waals surface area contributed by atoms with Gasteiger partial charge in [-0.25, -0.2) is 0 Å². The molecule has 2 aromatic rings. The van der Waals surface area contributed by atoms with E-state index < -0.39 is 0 Å². The summed E-state index contributed by atoms with van der Waals surface area (Å²) < 4.78 is 3.33. The summed E-state index contributed by atoms with van der Waals surface area (Å²) in [6, 6.07) is 6.35. The van der Waals surface area contributed by atoms with Crippen LogP contribution in [0.4, 0.5) is 0 Å². The molecule has 2 rings (SSSR count). The maximum absolute atomic E-state index is 8.95. The van der Waals surface area contributed by atoms with Gasteiger partial charge in [0, 0.05) is 34.7 Å². The van der Waals surface area contributed by atoms with Crippen molar-refractivity contribution < 1.29 is 5.11 Å². The number of aliphatic hydroxyl groups excluding tert-OH is 1. The van der Waals surface area contributed by atoms with Gasteiger partial charge in [0.2, 0.25) is 0 Å². The van der Waals surface area contributed by atoms with Crippen molar-refractivity contribution in [2.75, 3.05) is 13.2 Å². The highest BCUT2D eigenvalue weighted by atomic mass is 79.9. The van der Waals surface area contributed by atoms with E-state index in [1.807, 2.05) is 0 Å². The van der Waals surface area contributed by atoms with Crippen LogP contribution in [-0.4, -0.2) is 22.8 Å². The van der Waals surface area contributed by atoms with E-state index in [-0.39, 0.29) is 6.61 Å². The van der Waals surface area contributed by atoms with Gasteiger partial charge in [0.15, 0.2) is 0 Å². The van der Waals surface area contributed by atoms with Gasteiger partial charge in [-0.2, -0.15) is 0 Å². The summed E-state index contributed by atoms with van der Waals surface area (Å²) in [5.74, 6) is 0. The van der Waals surface area contributed by atoms with Crippen molar-refractivity contribution in [2.45, 2.75) is 25.8 Å². The van der Waals surface area contributed by atoms with Crippen molar-refractivity contribution in [3.63, 3.8) is 0 Å². The molecule has 4 heteroatoms. The summed E-state index contributed by atoms with van der Waals surface area (Å²) in [5, 5.41) is 10.2. The number of aliphatic hydroxyl groups is 1. The Bertz CT molecular complexity index is 522. The lowest BCUT2D eigenvalue weighted by atomic mass is 10.1. The summed E-state index contributed by atoms with van der Waals surface area (Å²) in [5.41, 5.74) is 8.17. The van der Waals surface area contributed by atoms with E-state index in [2.05, 4.69) is 44.9 Å². The zero-order chi connectivity index (χ0) is 13.0. The Morgan fingerprint density at radius 2 is 2.11 bits per heavy atom. The van der Waals surface area contributed by atoms with E-state index >= 15 is 0 Å². The SMILES string of the molecule is NCCCc1cn(CCCO)c2ccc(Br)cc12. The molecule has 0 unspecified atom stereocenters. The predicted molar refractivity (Wildman–Crippen MR) is 78.7 cm³/mol. The first-order valence-electron chi connectivity index (χ1n) is 6.34. The number of halogens is 1. The molecule has 0 aliphatic carbocycles. The lowest BCUT2D eigenvalue weighted by Crippen LogP contribution is -2.00. The molecule has 0 bridgehead atoms. The van der Waals surface area contributed by atoms with Gasteiger partial charge in [-0.05, 0) is 49.6 Å². The van der Waals surface area contributed by atoms with E-state index in [1.165, 1.54) is 16.5 Å². The molecule has 3 nitrogen and oxygen atoms in total. The van der Waals surface area contributed by atoms with Crippen molar-refractivity contribution in [2.24, 2.45) is 5.73 Å². The number of rotatable bonds is 6. The largest absolute Gasteiger partial charge is 0.396 e. The van der Waals surface area contributed by atoms with Crippen LogP contribution >= 0.6 is 15.9 Å². The molecule has 1 heterocycles. The van der Waals surface area contributed by atoms with E-state index in [4.69, 9.17) is 10.8 Å². The maximum atomic E-state index is 8.95. The summed E-state index contributed by atoms with van der Waals surface area (Å²) in [4.78, 5) is 0. The average molecular weight is 311 g/mol. The highest BCUT2D eigenvalue weighted by Crippen LogP contribution is 2.26. The molecule has 18 heavy (non-hydrogen) atoms. The van der Waals surface area contributed by atoms with Gasteiger partial charge in [-0.15, -0.1) is 0 Å². The highest BCUT2D eigenvalue weighted by molar-refractivity contribution is 9.10. The minimum absolute atomic E-state index is 0.230. The number of aromatic nitrogens is 1. The first kappa shape index (κ1) is 13.6. The normalized spacial score (nSPS) is 11.3. The first-order chi connectivity index (χ1) is 8.76. The van der Waals surface area contributed by atoms with Crippen molar-refractivity contribution >= 4 is 26.8 Å². The summed E-state index contributed by atoms with van der Waals surface area (Å²) in [6.07, 6.45) is 5.00. The molecule has 98 valence electrons. The molecular weight excluding hydrogens is 292 g/mol. The minimum Gasteiger partial charge on any atom is -0.396 e. The number of aryl methyl sites for hydroxylation is 2.